The van der Waals surface area contributed by atoms with Crippen LogP contribution in [-0.2, 0) is 0 Å². The van der Waals surface area contributed by atoms with Crippen molar-refractivity contribution in [3.63, 3.8) is 0 Å². The van der Waals surface area contributed by atoms with E-state index in [0.29, 0.717) is 10.9 Å². The molecule has 0 bridgehead atoms. The van der Waals surface area contributed by atoms with Gasteiger partial charge in [0.1, 0.15) is 11.4 Å². The summed E-state index contributed by atoms with van der Waals surface area (Å²) < 4.78 is 3.96. The number of benzene rings is 1. The quantitative estimate of drug-likeness (QED) is 0.520. The molecule has 0 fully saturated rings. The Morgan fingerprint density at radius 3 is 2.89 bits per heavy atom. The number of hydrogen-bond acceptors (Lipinski definition) is 5. The Morgan fingerprint density at radius 1 is 1.19 bits per heavy atom. The highest BCUT2D eigenvalue weighted by molar-refractivity contribution is 7.15. The summed E-state index contributed by atoms with van der Waals surface area (Å²) in [6.45, 7) is 4.18. The van der Waals surface area contributed by atoms with Crippen LogP contribution in [0.3, 0.4) is 0 Å². The maximum absolute atomic E-state index is 12.2. The van der Waals surface area contributed by atoms with E-state index in [-0.39, 0.29) is 11.6 Å². The first-order valence-electron chi connectivity index (χ1n) is 8.61. The summed E-state index contributed by atoms with van der Waals surface area (Å²) in [6, 6.07) is 7.95. The van der Waals surface area contributed by atoms with Crippen LogP contribution in [0.5, 0.6) is 0 Å². The smallest absolute Gasteiger partial charge is 0.258 e. The SMILES string of the molecule is CC(C)n1ccc(-c2nc3sccn3c2-c2ccc3nc[nH]c(=O)c3c2)n1. The molecule has 0 saturated carbocycles. The van der Waals surface area contributed by atoms with Crippen LogP contribution >= 0.6 is 11.3 Å². The van der Waals surface area contributed by atoms with Crippen LogP contribution in [0.15, 0.2) is 53.2 Å². The van der Waals surface area contributed by atoms with Gasteiger partial charge in [-0.2, -0.15) is 5.10 Å². The van der Waals surface area contributed by atoms with E-state index in [9.17, 15) is 4.79 Å². The first kappa shape index (κ1) is 16.0. The summed E-state index contributed by atoms with van der Waals surface area (Å²) in [5.74, 6) is 0. The van der Waals surface area contributed by atoms with Gasteiger partial charge in [0.2, 0.25) is 0 Å². The zero-order chi connectivity index (χ0) is 18.5. The normalized spacial score (nSPS) is 11.8. The van der Waals surface area contributed by atoms with Crippen LogP contribution < -0.4 is 5.56 Å². The van der Waals surface area contributed by atoms with Crippen molar-refractivity contribution < 1.29 is 0 Å². The second-order valence-electron chi connectivity index (χ2n) is 6.60. The molecule has 0 aliphatic rings. The number of thiazole rings is 1. The zero-order valence-electron chi connectivity index (χ0n) is 14.7. The summed E-state index contributed by atoms with van der Waals surface area (Å²) in [5.41, 5.74) is 3.96. The fourth-order valence-corrected chi connectivity index (χ4v) is 3.92. The highest BCUT2D eigenvalue weighted by Gasteiger charge is 2.19. The Balaban J connectivity index is 1.78. The second-order valence-corrected chi connectivity index (χ2v) is 7.48. The van der Waals surface area contributed by atoms with Crippen molar-refractivity contribution in [2.45, 2.75) is 19.9 Å². The fourth-order valence-electron chi connectivity index (χ4n) is 3.21. The topological polar surface area (TPSA) is 80.9 Å². The van der Waals surface area contributed by atoms with Crippen LogP contribution in [0.4, 0.5) is 0 Å². The van der Waals surface area contributed by atoms with Crippen LogP contribution in [0.2, 0.25) is 0 Å². The molecule has 7 nitrogen and oxygen atoms in total. The molecule has 5 rings (SSSR count). The molecule has 8 heteroatoms. The lowest BCUT2D eigenvalue weighted by molar-refractivity contribution is 0.534. The minimum absolute atomic E-state index is 0.154. The Labute approximate surface area is 158 Å². The van der Waals surface area contributed by atoms with Gasteiger partial charge in [-0.1, -0.05) is 6.07 Å². The predicted molar refractivity (Wildman–Crippen MR) is 106 cm³/mol. The summed E-state index contributed by atoms with van der Waals surface area (Å²) in [7, 11) is 0. The highest BCUT2D eigenvalue weighted by atomic mass is 32.1. The molecule has 0 atom stereocenters. The number of aromatic amines is 1. The average molecular weight is 376 g/mol. The molecule has 0 spiro atoms. The molecule has 4 aromatic heterocycles. The largest absolute Gasteiger partial charge is 0.313 e. The van der Waals surface area contributed by atoms with Crippen molar-refractivity contribution in [1.82, 2.24) is 29.1 Å². The highest BCUT2D eigenvalue weighted by Crippen LogP contribution is 2.34. The number of aromatic nitrogens is 6. The van der Waals surface area contributed by atoms with Crippen LogP contribution in [0.1, 0.15) is 19.9 Å². The number of imidazole rings is 1. The molecule has 5 aromatic rings. The third-order valence-corrected chi connectivity index (χ3v) is 5.31. The summed E-state index contributed by atoms with van der Waals surface area (Å²) in [4.78, 5) is 24.8. The number of nitrogens with one attached hydrogen (secondary N) is 1. The molecule has 0 unspecified atom stereocenters. The minimum Gasteiger partial charge on any atom is -0.313 e. The maximum Gasteiger partial charge on any atom is 0.258 e. The molecule has 27 heavy (non-hydrogen) atoms. The van der Waals surface area contributed by atoms with Gasteiger partial charge in [-0.25, -0.2) is 9.97 Å². The monoisotopic (exact) mass is 376 g/mol. The van der Waals surface area contributed by atoms with Gasteiger partial charge < -0.3 is 4.98 Å². The molecule has 134 valence electrons. The van der Waals surface area contributed by atoms with E-state index in [0.717, 1.165) is 27.6 Å². The third-order valence-electron chi connectivity index (χ3n) is 4.56. The number of H-pyrrole nitrogens is 1. The summed E-state index contributed by atoms with van der Waals surface area (Å²) in [5, 5.41) is 7.24. The van der Waals surface area contributed by atoms with E-state index >= 15 is 0 Å². The molecule has 0 saturated heterocycles. The van der Waals surface area contributed by atoms with E-state index in [4.69, 9.17) is 4.98 Å². The third kappa shape index (κ3) is 2.48. The Kier molecular flexibility index (Phi) is 3.48. The van der Waals surface area contributed by atoms with Gasteiger partial charge in [0.15, 0.2) is 4.96 Å². The molecule has 0 aliphatic carbocycles. The van der Waals surface area contributed by atoms with Crippen molar-refractivity contribution in [2.24, 2.45) is 0 Å². The molecule has 1 N–H and O–H groups in total. The lowest BCUT2D eigenvalue weighted by Gasteiger charge is -2.06. The van der Waals surface area contributed by atoms with Gasteiger partial charge in [0, 0.05) is 29.4 Å². The molecule has 0 amide bonds. The van der Waals surface area contributed by atoms with E-state index < -0.39 is 0 Å². The zero-order valence-corrected chi connectivity index (χ0v) is 15.6. The molecule has 0 aliphatic heterocycles. The summed E-state index contributed by atoms with van der Waals surface area (Å²) in [6.07, 6.45) is 5.37. The van der Waals surface area contributed by atoms with Crippen molar-refractivity contribution in [3.05, 3.63) is 58.7 Å². The van der Waals surface area contributed by atoms with Gasteiger partial charge in [0.05, 0.1) is 22.9 Å². The molecular weight excluding hydrogens is 360 g/mol. The number of nitrogens with zero attached hydrogens (tertiary/aromatic N) is 5. The van der Waals surface area contributed by atoms with Gasteiger partial charge >= 0.3 is 0 Å². The Morgan fingerprint density at radius 2 is 2.07 bits per heavy atom. The van der Waals surface area contributed by atoms with Gasteiger partial charge in [-0.15, -0.1) is 11.3 Å². The van der Waals surface area contributed by atoms with E-state index in [1.54, 1.807) is 11.3 Å². The Hall–Kier alpha value is -3.26. The van der Waals surface area contributed by atoms with E-state index in [1.165, 1.54) is 6.33 Å². The number of hydrogen-bond donors (Lipinski definition) is 1. The van der Waals surface area contributed by atoms with Gasteiger partial charge in [-0.3, -0.25) is 13.9 Å². The summed E-state index contributed by atoms with van der Waals surface area (Å²) >= 11 is 1.57. The van der Waals surface area contributed by atoms with Gasteiger partial charge in [0.25, 0.3) is 5.56 Å². The Bertz CT molecular complexity index is 1340. The predicted octanol–water partition coefficient (Wildman–Crippen LogP) is 3.74. The molecule has 4 heterocycles. The van der Waals surface area contributed by atoms with Crippen LogP contribution in [0, 0.1) is 0 Å². The van der Waals surface area contributed by atoms with Gasteiger partial charge in [-0.05, 0) is 32.0 Å². The average Bonchev–Trinajstić information content (AvgIpc) is 3.37. The standard InChI is InChI=1S/C19H16N6OS/c1-11(2)25-6-5-15(23-25)16-17(24-7-8-27-19(24)22-16)12-3-4-14-13(9-12)18(26)21-10-20-14/h3-11H,1-2H3,(H,20,21,26). The van der Waals surface area contributed by atoms with Crippen molar-refractivity contribution in [1.29, 1.82) is 0 Å². The first-order valence-corrected chi connectivity index (χ1v) is 9.48. The molecular formula is C19H16N6OS. The number of fused-ring (bicyclic) bond motifs is 2. The van der Waals surface area contributed by atoms with Crippen LogP contribution in [-0.4, -0.2) is 29.1 Å². The molecule has 0 radical (unpaired) electrons. The molecule has 1 aromatic carbocycles. The fraction of sp³-hybridized carbons (Fsp3) is 0.158. The lowest BCUT2D eigenvalue weighted by Crippen LogP contribution is -2.06. The lowest BCUT2D eigenvalue weighted by atomic mass is 10.1. The van der Waals surface area contributed by atoms with Crippen LogP contribution in [0.25, 0.3) is 38.5 Å². The first-order chi connectivity index (χ1) is 13.1. The van der Waals surface area contributed by atoms with E-state index in [1.807, 2.05) is 51.1 Å². The minimum atomic E-state index is -0.154. The van der Waals surface area contributed by atoms with E-state index in [2.05, 4.69) is 28.9 Å². The number of rotatable bonds is 3. The van der Waals surface area contributed by atoms with Crippen molar-refractivity contribution in [3.8, 4) is 22.6 Å². The second kappa shape index (κ2) is 5.88. The van der Waals surface area contributed by atoms with Crippen molar-refractivity contribution >= 4 is 27.2 Å². The maximum atomic E-state index is 12.2. The van der Waals surface area contributed by atoms with Crippen molar-refractivity contribution in [2.75, 3.05) is 0 Å².